The van der Waals surface area contributed by atoms with Gasteiger partial charge in [-0.15, -0.1) is 0 Å². The third-order valence-electron chi connectivity index (χ3n) is 12.3. The van der Waals surface area contributed by atoms with Gasteiger partial charge in [0.25, 0.3) is 0 Å². The summed E-state index contributed by atoms with van der Waals surface area (Å²) in [5.74, 6) is 0. The van der Waals surface area contributed by atoms with E-state index in [2.05, 4.69) is 135 Å². The molecule has 4 heteroatoms. The maximum absolute atomic E-state index is 4.81. The van der Waals surface area contributed by atoms with Gasteiger partial charge in [-0.1, -0.05) is 86.6 Å². The zero-order valence-electron chi connectivity index (χ0n) is 32.3. The molecular weight excluding hydrogens is 693 g/mol. The Balaban J connectivity index is 1.01. The maximum atomic E-state index is 4.81. The second-order valence-corrected chi connectivity index (χ2v) is 16.1. The van der Waals surface area contributed by atoms with Gasteiger partial charge in [0.05, 0.1) is 11.4 Å². The summed E-state index contributed by atoms with van der Waals surface area (Å²) in [5, 5.41) is 7.90. The summed E-state index contributed by atoms with van der Waals surface area (Å²) in [7, 11) is 0. The van der Waals surface area contributed by atoms with Crippen LogP contribution in [0.25, 0.3) is 99.3 Å². The van der Waals surface area contributed by atoms with Gasteiger partial charge in [0.2, 0.25) is 0 Å². The molecule has 270 valence electrons. The molecule has 4 aromatic heterocycles. The van der Waals surface area contributed by atoms with E-state index in [0.29, 0.717) is 0 Å². The Morgan fingerprint density at radius 1 is 0.421 bits per heavy atom. The van der Waals surface area contributed by atoms with Gasteiger partial charge in [-0.05, 0) is 150 Å². The van der Waals surface area contributed by atoms with Crippen LogP contribution in [0.5, 0.6) is 0 Å². The second-order valence-electron chi connectivity index (χ2n) is 16.1. The third-order valence-corrected chi connectivity index (χ3v) is 12.3. The Bertz CT molecular complexity index is 3180. The number of rotatable bonds is 5. The fraction of sp³-hybridized carbons (Fsp3) is 0.0943. The molecule has 1 aliphatic rings. The van der Waals surface area contributed by atoms with Crippen molar-refractivity contribution in [2.75, 3.05) is 0 Å². The first-order valence-electron chi connectivity index (χ1n) is 19.6. The monoisotopic (exact) mass is 730 g/mol. The van der Waals surface area contributed by atoms with Gasteiger partial charge in [-0.2, -0.15) is 0 Å². The van der Waals surface area contributed by atoms with Crippen LogP contribution in [-0.2, 0) is 5.41 Å². The van der Waals surface area contributed by atoms with Crippen molar-refractivity contribution in [1.29, 1.82) is 0 Å². The van der Waals surface area contributed by atoms with Crippen LogP contribution in [0.15, 0.2) is 159 Å². The number of hydrogen-bond acceptors (Lipinski definition) is 4. The fourth-order valence-corrected chi connectivity index (χ4v) is 9.46. The van der Waals surface area contributed by atoms with E-state index in [1.165, 1.54) is 82.4 Å². The molecule has 4 heterocycles. The van der Waals surface area contributed by atoms with Gasteiger partial charge in [0.1, 0.15) is 0 Å². The number of aromatic nitrogens is 4. The number of hydrogen-bond donors (Lipinski definition) is 0. The Kier molecular flexibility index (Phi) is 7.30. The molecule has 0 saturated heterocycles. The molecule has 0 amide bonds. The van der Waals surface area contributed by atoms with Crippen molar-refractivity contribution in [3.8, 4) is 67.0 Å². The number of aryl methyl sites for hydroxylation is 2. The molecule has 10 aromatic rings. The van der Waals surface area contributed by atoms with Crippen LogP contribution in [-0.4, -0.2) is 19.9 Å². The summed E-state index contributed by atoms with van der Waals surface area (Å²) in [6.45, 7) is 9.25. The lowest BCUT2D eigenvalue weighted by molar-refractivity contribution is 0.661. The van der Waals surface area contributed by atoms with Crippen LogP contribution in [0.2, 0.25) is 0 Å². The predicted octanol–water partition coefficient (Wildman–Crippen LogP) is 13.4. The van der Waals surface area contributed by atoms with Crippen LogP contribution in [0.4, 0.5) is 0 Å². The molecule has 57 heavy (non-hydrogen) atoms. The summed E-state index contributed by atoms with van der Waals surface area (Å²) >= 11 is 0. The Hall–Kier alpha value is -7.04. The molecule has 0 aliphatic heterocycles. The van der Waals surface area contributed by atoms with E-state index in [-0.39, 0.29) is 5.41 Å². The first kappa shape index (κ1) is 33.3. The number of pyridine rings is 4. The molecule has 0 fully saturated rings. The largest absolute Gasteiger partial charge is 0.264 e. The van der Waals surface area contributed by atoms with Crippen molar-refractivity contribution in [3.05, 3.63) is 181 Å². The molecule has 11 rings (SSSR count). The van der Waals surface area contributed by atoms with Gasteiger partial charge in [0.15, 0.2) is 0 Å². The van der Waals surface area contributed by atoms with Crippen molar-refractivity contribution < 1.29 is 0 Å². The van der Waals surface area contributed by atoms with Gasteiger partial charge in [-0.25, -0.2) is 0 Å². The summed E-state index contributed by atoms with van der Waals surface area (Å²) in [4.78, 5) is 18.1. The lowest BCUT2D eigenvalue weighted by atomic mass is 9.79. The summed E-state index contributed by atoms with van der Waals surface area (Å²) in [6, 6.07) is 44.6. The highest BCUT2D eigenvalue weighted by Crippen LogP contribution is 2.55. The average Bonchev–Trinajstić information content (AvgIpc) is 3.48. The van der Waals surface area contributed by atoms with Gasteiger partial charge in [-0.3, -0.25) is 19.9 Å². The molecule has 6 aromatic carbocycles. The minimum absolute atomic E-state index is 0.163. The van der Waals surface area contributed by atoms with Crippen LogP contribution >= 0.6 is 0 Å². The van der Waals surface area contributed by atoms with Crippen molar-refractivity contribution in [2.24, 2.45) is 0 Å². The highest BCUT2D eigenvalue weighted by atomic mass is 14.7. The SMILES string of the molecule is Cc1cc(-c2ccc(-c3cccnc3)nc2)ccc1-c1c(C)cc2ccc3c4c(cc5ccc1c2c53)C(C)(C)c1cc(-c2ccc(-c3cccnc3)nc2)ccc1-4. The summed E-state index contributed by atoms with van der Waals surface area (Å²) in [6.07, 6.45) is 11.2. The van der Waals surface area contributed by atoms with Crippen molar-refractivity contribution in [3.63, 3.8) is 0 Å². The second kappa shape index (κ2) is 12.5. The summed E-state index contributed by atoms with van der Waals surface area (Å²) in [5.41, 5.74) is 18.8. The van der Waals surface area contributed by atoms with E-state index in [4.69, 9.17) is 9.97 Å². The lowest BCUT2D eigenvalue weighted by Gasteiger charge is -2.24. The molecule has 4 nitrogen and oxygen atoms in total. The topological polar surface area (TPSA) is 51.6 Å². The minimum Gasteiger partial charge on any atom is -0.264 e. The van der Waals surface area contributed by atoms with Crippen LogP contribution < -0.4 is 0 Å². The molecule has 0 saturated carbocycles. The van der Waals surface area contributed by atoms with Crippen LogP contribution in [0.3, 0.4) is 0 Å². The smallest absolute Gasteiger partial charge is 0.0717 e. The molecule has 0 spiro atoms. The Labute approximate surface area is 331 Å². The van der Waals surface area contributed by atoms with Crippen LogP contribution in [0.1, 0.15) is 36.1 Å². The van der Waals surface area contributed by atoms with Crippen molar-refractivity contribution in [2.45, 2.75) is 33.1 Å². The lowest BCUT2D eigenvalue weighted by Crippen LogP contribution is -2.15. The molecule has 0 atom stereocenters. The first-order chi connectivity index (χ1) is 27.8. The average molecular weight is 731 g/mol. The number of benzene rings is 6. The van der Waals surface area contributed by atoms with E-state index >= 15 is 0 Å². The zero-order chi connectivity index (χ0) is 38.4. The minimum atomic E-state index is -0.163. The Morgan fingerprint density at radius 3 is 1.54 bits per heavy atom. The molecule has 0 bridgehead atoms. The Morgan fingerprint density at radius 2 is 0.982 bits per heavy atom. The highest BCUT2D eigenvalue weighted by molar-refractivity contribution is 6.29. The van der Waals surface area contributed by atoms with E-state index in [1.54, 1.807) is 12.4 Å². The molecule has 0 radical (unpaired) electrons. The van der Waals surface area contributed by atoms with Gasteiger partial charge < -0.3 is 0 Å². The molecule has 0 unspecified atom stereocenters. The predicted molar refractivity (Wildman–Crippen MR) is 236 cm³/mol. The standard InChI is InChI=1S/C53H38N4/c1-31-23-33(37-13-19-47(56-29-37)39-7-5-21-54-27-39)9-15-41(31)49-32(2)24-35-11-18-44-51-36(12-17-43(49)50(35)51)26-46-52(44)42-16-10-34(25-45(42)53(46,3)4)38-14-20-48(57-30-38)40-8-6-22-55-28-40/h5-30H,1-4H3. The van der Waals surface area contributed by atoms with E-state index in [9.17, 15) is 0 Å². The third kappa shape index (κ3) is 5.14. The summed E-state index contributed by atoms with van der Waals surface area (Å²) < 4.78 is 0. The normalized spacial score (nSPS) is 13.1. The fourth-order valence-electron chi connectivity index (χ4n) is 9.46. The molecule has 0 N–H and O–H groups in total. The van der Waals surface area contributed by atoms with E-state index in [1.807, 2.05) is 49.1 Å². The van der Waals surface area contributed by atoms with Gasteiger partial charge >= 0.3 is 0 Å². The van der Waals surface area contributed by atoms with Gasteiger partial charge in [0, 0.05) is 64.8 Å². The van der Waals surface area contributed by atoms with Crippen LogP contribution in [0, 0.1) is 13.8 Å². The number of fused-ring (bicyclic) bond motifs is 4. The highest BCUT2D eigenvalue weighted by Gasteiger charge is 2.37. The number of nitrogens with zero attached hydrogens (tertiary/aromatic N) is 4. The quantitative estimate of drug-likeness (QED) is 0.165. The zero-order valence-corrected chi connectivity index (χ0v) is 32.3. The van der Waals surface area contributed by atoms with Crippen molar-refractivity contribution in [1.82, 2.24) is 19.9 Å². The first-order valence-corrected chi connectivity index (χ1v) is 19.6. The van der Waals surface area contributed by atoms with E-state index in [0.717, 1.165) is 39.2 Å². The van der Waals surface area contributed by atoms with E-state index < -0.39 is 0 Å². The molecule has 1 aliphatic carbocycles. The molecular formula is C53H38N4. The van der Waals surface area contributed by atoms with Crippen molar-refractivity contribution >= 4 is 32.3 Å². The maximum Gasteiger partial charge on any atom is 0.0717 e.